The van der Waals surface area contributed by atoms with Crippen LogP contribution in [0, 0.1) is 0 Å². The Bertz CT molecular complexity index is 234. The van der Waals surface area contributed by atoms with E-state index in [4.69, 9.17) is 10.2 Å². The lowest BCUT2D eigenvalue weighted by molar-refractivity contribution is -0.114. The van der Waals surface area contributed by atoms with Gasteiger partial charge in [0.15, 0.2) is 17.4 Å². The highest BCUT2D eigenvalue weighted by molar-refractivity contribution is 5.93. The van der Waals surface area contributed by atoms with E-state index >= 15 is 0 Å². The van der Waals surface area contributed by atoms with E-state index < -0.39 is 23.1 Å². The molecule has 54 valence electrons. The molecule has 10 heavy (non-hydrogen) atoms. The lowest BCUT2D eigenvalue weighted by Crippen LogP contribution is -2.06. The Morgan fingerprint density at radius 2 is 2.10 bits per heavy atom. The van der Waals surface area contributed by atoms with Gasteiger partial charge in [-0.15, -0.1) is 0 Å². The van der Waals surface area contributed by atoms with Crippen LogP contribution >= 0.6 is 0 Å². The molecule has 0 heterocycles. The molecular formula is C6H5FO3. The van der Waals surface area contributed by atoms with Gasteiger partial charge in [-0.2, -0.15) is 0 Å². The molecule has 0 atom stereocenters. The summed E-state index contributed by atoms with van der Waals surface area (Å²) in [5, 5.41) is 17.2. The van der Waals surface area contributed by atoms with Crippen LogP contribution in [0.3, 0.4) is 0 Å². The molecule has 1 rings (SSSR count). The molecule has 0 fully saturated rings. The van der Waals surface area contributed by atoms with Crippen molar-refractivity contribution in [3.63, 3.8) is 0 Å². The third-order valence-electron chi connectivity index (χ3n) is 1.13. The number of aliphatic hydroxyl groups excluding tert-OH is 2. The number of halogens is 1. The summed E-state index contributed by atoms with van der Waals surface area (Å²) >= 11 is 0. The molecule has 0 amide bonds. The summed E-state index contributed by atoms with van der Waals surface area (Å²) in [6, 6.07) is 0. The van der Waals surface area contributed by atoms with Crippen LogP contribution in [0.25, 0.3) is 0 Å². The molecule has 2 N–H and O–H groups in total. The van der Waals surface area contributed by atoms with Gasteiger partial charge in [-0.3, -0.25) is 4.79 Å². The zero-order valence-electron chi connectivity index (χ0n) is 4.97. The monoisotopic (exact) mass is 144 g/mol. The first kappa shape index (κ1) is 6.80. The van der Waals surface area contributed by atoms with Gasteiger partial charge in [0.25, 0.3) is 0 Å². The minimum absolute atomic E-state index is 0.320. The highest BCUT2D eigenvalue weighted by Gasteiger charge is 2.18. The number of hydrogen-bond acceptors (Lipinski definition) is 3. The van der Waals surface area contributed by atoms with Crippen molar-refractivity contribution >= 4 is 5.78 Å². The van der Waals surface area contributed by atoms with Crippen LogP contribution in [0.2, 0.25) is 0 Å². The Kier molecular flexibility index (Phi) is 1.45. The van der Waals surface area contributed by atoms with Crippen molar-refractivity contribution in [2.24, 2.45) is 0 Å². The Hall–Kier alpha value is -1.32. The number of carbonyl (C=O) groups is 1. The van der Waals surface area contributed by atoms with Gasteiger partial charge in [0, 0.05) is 6.08 Å². The third-order valence-corrected chi connectivity index (χ3v) is 1.13. The van der Waals surface area contributed by atoms with Gasteiger partial charge < -0.3 is 10.2 Å². The molecule has 0 aromatic heterocycles. The minimum atomic E-state index is -1.08. The molecule has 0 radical (unpaired) electrons. The lowest BCUT2D eigenvalue weighted by Gasteiger charge is -2.05. The average molecular weight is 144 g/mol. The molecule has 0 bridgehead atoms. The van der Waals surface area contributed by atoms with Gasteiger partial charge in [-0.1, -0.05) is 0 Å². The molecule has 4 heteroatoms. The molecule has 3 nitrogen and oxygen atoms in total. The summed E-state index contributed by atoms with van der Waals surface area (Å²) in [6.45, 7) is 0. The summed E-state index contributed by atoms with van der Waals surface area (Å²) < 4.78 is 12.3. The van der Waals surface area contributed by atoms with Gasteiger partial charge in [0.2, 0.25) is 0 Å². The number of allylic oxidation sites excluding steroid dienone is 3. The minimum Gasteiger partial charge on any atom is -0.508 e. The maximum atomic E-state index is 12.3. The predicted octanol–water partition coefficient (Wildman–Crippen LogP) is 1.14. The van der Waals surface area contributed by atoms with E-state index in [1.54, 1.807) is 0 Å². The first-order valence-corrected chi connectivity index (χ1v) is 2.62. The van der Waals surface area contributed by atoms with Gasteiger partial charge in [-0.05, 0) is 0 Å². The second-order valence-corrected chi connectivity index (χ2v) is 1.93. The van der Waals surface area contributed by atoms with Crippen molar-refractivity contribution in [2.45, 2.75) is 6.42 Å². The average Bonchev–Trinajstić information content (AvgIpc) is 1.82. The van der Waals surface area contributed by atoms with Crippen molar-refractivity contribution in [1.82, 2.24) is 0 Å². The number of carbonyl (C=O) groups excluding carboxylic acids is 1. The second kappa shape index (κ2) is 2.13. The van der Waals surface area contributed by atoms with E-state index in [0.717, 1.165) is 0 Å². The van der Waals surface area contributed by atoms with Crippen molar-refractivity contribution in [3.8, 4) is 0 Å². The fourth-order valence-corrected chi connectivity index (χ4v) is 0.647. The van der Waals surface area contributed by atoms with Crippen LogP contribution in [0.5, 0.6) is 0 Å². The summed E-state index contributed by atoms with van der Waals surface area (Å²) in [4.78, 5) is 10.4. The topological polar surface area (TPSA) is 57.5 Å². The van der Waals surface area contributed by atoms with Crippen LogP contribution in [0.15, 0.2) is 23.4 Å². The maximum Gasteiger partial charge on any atom is 0.190 e. The molecule has 1 aliphatic carbocycles. The first-order chi connectivity index (χ1) is 4.61. The SMILES string of the molecule is O=C1C=C(F)C(O)=C(O)C1. The second-order valence-electron chi connectivity index (χ2n) is 1.93. The van der Waals surface area contributed by atoms with E-state index in [1.165, 1.54) is 0 Å². The highest BCUT2D eigenvalue weighted by atomic mass is 19.1. The number of ketones is 1. The molecule has 0 spiro atoms. The van der Waals surface area contributed by atoms with Crippen LogP contribution in [-0.2, 0) is 4.79 Å². The summed E-state index contributed by atoms with van der Waals surface area (Å²) in [5.74, 6) is -3.06. The van der Waals surface area contributed by atoms with E-state index in [9.17, 15) is 9.18 Å². The summed E-state index contributed by atoms with van der Waals surface area (Å²) in [7, 11) is 0. The molecule has 1 aliphatic rings. The largest absolute Gasteiger partial charge is 0.508 e. The zero-order chi connectivity index (χ0) is 7.72. The number of hydrogen-bond donors (Lipinski definition) is 2. The standard InChI is InChI=1S/C6H5FO3/c7-4-1-3(8)2-5(9)6(4)10/h1,9-10H,2H2. The first-order valence-electron chi connectivity index (χ1n) is 2.62. The Morgan fingerprint density at radius 1 is 1.50 bits per heavy atom. The molecular weight excluding hydrogens is 139 g/mol. The molecule has 0 aromatic rings. The van der Waals surface area contributed by atoms with E-state index in [2.05, 4.69) is 0 Å². The van der Waals surface area contributed by atoms with Crippen molar-refractivity contribution < 1.29 is 19.4 Å². The molecule has 0 unspecified atom stereocenters. The van der Waals surface area contributed by atoms with E-state index in [1.807, 2.05) is 0 Å². The lowest BCUT2D eigenvalue weighted by atomic mass is 10.1. The van der Waals surface area contributed by atoms with Gasteiger partial charge in [0.05, 0.1) is 6.42 Å². The highest BCUT2D eigenvalue weighted by Crippen LogP contribution is 2.19. The van der Waals surface area contributed by atoms with Crippen LogP contribution < -0.4 is 0 Å². The van der Waals surface area contributed by atoms with Crippen molar-refractivity contribution in [2.75, 3.05) is 0 Å². The van der Waals surface area contributed by atoms with Crippen LogP contribution in [0.4, 0.5) is 4.39 Å². The molecule has 0 aliphatic heterocycles. The smallest absolute Gasteiger partial charge is 0.190 e. The Morgan fingerprint density at radius 3 is 2.60 bits per heavy atom. The summed E-state index contributed by atoms with van der Waals surface area (Å²) in [6.07, 6.45) is 0.328. The van der Waals surface area contributed by atoms with Crippen molar-refractivity contribution in [1.29, 1.82) is 0 Å². The van der Waals surface area contributed by atoms with Crippen LogP contribution in [0.1, 0.15) is 6.42 Å². The molecule has 0 saturated carbocycles. The van der Waals surface area contributed by atoms with Gasteiger partial charge in [0.1, 0.15) is 5.76 Å². The van der Waals surface area contributed by atoms with Gasteiger partial charge >= 0.3 is 0 Å². The quantitative estimate of drug-likeness (QED) is 0.536. The van der Waals surface area contributed by atoms with Gasteiger partial charge in [-0.25, -0.2) is 4.39 Å². The number of aliphatic hydroxyl groups is 2. The third kappa shape index (κ3) is 1.00. The van der Waals surface area contributed by atoms with E-state index in [0.29, 0.717) is 6.08 Å². The zero-order valence-corrected chi connectivity index (χ0v) is 4.97. The van der Waals surface area contributed by atoms with Crippen LogP contribution in [-0.4, -0.2) is 16.0 Å². The molecule has 0 aromatic carbocycles. The predicted molar refractivity (Wildman–Crippen MR) is 31.1 cm³/mol. The Labute approximate surface area is 56.1 Å². The van der Waals surface area contributed by atoms with E-state index in [-0.39, 0.29) is 6.42 Å². The maximum absolute atomic E-state index is 12.3. The normalized spacial score (nSPS) is 19.3. The number of rotatable bonds is 0. The molecule has 0 saturated heterocycles. The fraction of sp³-hybridized carbons (Fsp3) is 0.167. The summed E-state index contributed by atoms with van der Waals surface area (Å²) in [5.41, 5.74) is 0. The van der Waals surface area contributed by atoms with Crippen molar-refractivity contribution in [3.05, 3.63) is 23.4 Å². The fourth-order valence-electron chi connectivity index (χ4n) is 0.647. The Balaban J connectivity index is 3.01.